The van der Waals surface area contributed by atoms with Gasteiger partial charge in [-0.3, -0.25) is 34.2 Å². The number of benzene rings is 1. The first kappa shape index (κ1) is 28.2. The van der Waals surface area contributed by atoms with Crippen molar-refractivity contribution in [1.29, 1.82) is 0 Å². The van der Waals surface area contributed by atoms with Crippen molar-refractivity contribution in [1.82, 2.24) is 4.90 Å². The average molecular weight is 545 g/mol. The van der Waals surface area contributed by atoms with E-state index in [9.17, 15) is 39.0 Å². The third kappa shape index (κ3) is 4.07. The second-order valence-corrected chi connectivity index (χ2v) is 10.7. The maximum Gasteiger partial charge on any atom is 0.411 e. The Labute approximate surface area is 224 Å². The number of carbonyl (C=O) groups is 6. The van der Waals surface area contributed by atoms with E-state index in [1.807, 2.05) is 0 Å². The largest absolute Gasteiger partial charge is 0.505 e. The third-order valence-corrected chi connectivity index (χ3v) is 8.03. The number of carbonyl (C=O) groups excluding carboxylic acids is 6. The predicted molar refractivity (Wildman–Crippen MR) is 136 cm³/mol. The summed E-state index contributed by atoms with van der Waals surface area (Å²) in [4.78, 5) is 81.6. The molecule has 6 atom stereocenters. The van der Waals surface area contributed by atoms with Gasteiger partial charge in [-0.2, -0.15) is 0 Å². The maximum absolute atomic E-state index is 13.9. The van der Waals surface area contributed by atoms with Crippen LogP contribution in [-0.4, -0.2) is 96.7 Å². The van der Waals surface area contributed by atoms with Crippen LogP contribution in [-0.2, 0) is 30.3 Å². The summed E-state index contributed by atoms with van der Waals surface area (Å²) in [5.74, 6) is -11.5. The number of aromatic hydroxyl groups is 1. The number of aliphatic hydroxyl groups is 1. The summed E-state index contributed by atoms with van der Waals surface area (Å²) in [6, 6.07) is 0.303. The van der Waals surface area contributed by atoms with Gasteiger partial charge in [-0.15, -0.1) is 0 Å². The van der Waals surface area contributed by atoms with Crippen molar-refractivity contribution in [2.45, 2.75) is 31.4 Å². The van der Waals surface area contributed by atoms with E-state index in [-0.39, 0.29) is 30.7 Å². The Kier molecular flexibility index (Phi) is 7.02. The van der Waals surface area contributed by atoms with Crippen molar-refractivity contribution < 1.29 is 43.7 Å². The molecule has 0 saturated heterocycles. The molecule has 0 bridgehead atoms. The van der Waals surface area contributed by atoms with Crippen molar-refractivity contribution in [2.75, 3.05) is 45.0 Å². The van der Waals surface area contributed by atoms with Crippen LogP contribution in [0.1, 0.15) is 29.3 Å². The quantitative estimate of drug-likeness (QED) is 0.275. The number of ketones is 4. The molecule has 2 saturated carbocycles. The molecular weight excluding hydrogens is 512 g/mol. The van der Waals surface area contributed by atoms with Gasteiger partial charge < -0.3 is 25.6 Å². The topological polar surface area (TPSA) is 197 Å². The molecule has 0 aromatic heterocycles. The number of amides is 2. The number of nitrogens with two attached hydrogens (primary N) is 1. The first-order valence-electron chi connectivity index (χ1n) is 12.5. The van der Waals surface area contributed by atoms with Gasteiger partial charge in [-0.25, -0.2) is 4.79 Å². The highest BCUT2D eigenvalue weighted by Crippen LogP contribution is 2.52. The number of rotatable bonds is 5. The maximum atomic E-state index is 13.9. The van der Waals surface area contributed by atoms with Gasteiger partial charge in [0.25, 0.3) is 0 Å². The number of nitrogens with zero attached hydrogens (tertiary/aromatic N) is 2. The number of phenolic OH excluding ortho intramolecular Hbond substituents is 1. The van der Waals surface area contributed by atoms with Crippen molar-refractivity contribution in [3.05, 3.63) is 17.2 Å². The van der Waals surface area contributed by atoms with Gasteiger partial charge in [0, 0.05) is 25.7 Å². The molecule has 5 N–H and O–H groups in total. The Bertz CT molecular complexity index is 1310. The summed E-state index contributed by atoms with van der Waals surface area (Å²) in [7, 11) is 6.45. The minimum Gasteiger partial charge on any atom is -0.505 e. The van der Waals surface area contributed by atoms with Crippen molar-refractivity contribution in [3.8, 4) is 5.75 Å². The lowest BCUT2D eigenvalue weighted by Gasteiger charge is -2.52. The number of hydrogen-bond acceptors (Lipinski definition) is 11. The molecule has 3 aliphatic rings. The van der Waals surface area contributed by atoms with E-state index >= 15 is 0 Å². The molecule has 210 valence electrons. The van der Waals surface area contributed by atoms with Crippen LogP contribution in [0.4, 0.5) is 16.2 Å². The minimum atomic E-state index is -2.81. The van der Waals surface area contributed by atoms with E-state index < -0.39 is 76.2 Å². The Morgan fingerprint density at radius 2 is 1.79 bits per heavy atom. The number of Topliss-reactive ketones (excluding diaryl/α,β-unsaturated/α-hetero) is 4. The standard InChI is InChI=1S/C26H32N4O9/c1-6-39-25(37)28-13-9-14(29(2)3)11-7-10-8-12-18(30(4)5)21(33)17(24(27)36)23(35)26(12,38)22(34)15(10)20(32)16(11)19(13)31/h9-10,12,15,17-18,31,38H,6-8H2,1-5H3,(H2,27,36)(H,28,37)/t10-,12-,15?,17?,18-,26-/m1/s1. The summed E-state index contributed by atoms with van der Waals surface area (Å²) in [5.41, 5.74) is 3.09. The Morgan fingerprint density at radius 1 is 1.15 bits per heavy atom. The van der Waals surface area contributed by atoms with Gasteiger partial charge >= 0.3 is 6.09 Å². The number of ether oxygens (including phenoxy) is 1. The van der Waals surface area contributed by atoms with Crippen LogP contribution in [0.3, 0.4) is 0 Å². The van der Waals surface area contributed by atoms with Crippen LogP contribution in [0.15, 0.2) is 6.07 Å². The number of nitrogens with one attached hydrogen (secondary N) is 1. The van der Waals surface area contributed by atoms with Crippen LogP contribution in [0.5, 0.6) is 5.75 Å². The molecule has 0 aliphatic heterocycles. The number of primary amides is 1. The predicted octanol–water partition coefficient (Wildman–Crippen LogP) is -0.499. The molecule has 3 aliphatic carbocycles. The van der Waals surface area contributed by atoms with Gasteiger partial charge in [-0.05, 0) is 51.4 Å². The van der Waals surface area contributed by atoms with Crippen LogP contribution in [0, 0.1) is 23.7 Å². The molecule has 2 unspecified atom stereocenters. The fourth-order valence-corrected chi connectivity index (χ4v) is 6.42. The Hall–Kier alpha value is -3.84. The molecule has 1 aromatic carbocycles. The number of likely N-dealkylation sites (N-methyl/N-ethyl adjacent to an activating group) is 1. The van der Waals surface area contributed by atoms with E-state index in [0.29, 0.717) is 11.3 Å². The molecular formula is C26H32N4O9. The zero-order chi connectivity index (χ0) is 29.1. The van der Waals surface area contributed by atoms with Crippen molar-refractivity contribution >= 4 is 46.5 Å². The Balaban J connectivity index is 1.87. The lowest BCUT2D eigenvalue weighted by molar-refractivity contribution is -0.181. The summed E-state index contributed by atoms with van der Waals surface area (Å²) < 4.78 is 4.87. The van der Waals surface area contributed by atoms with E-state index in [1.165, 1.54) is 25.1 Å². The highest BCUT2D eigenvalue weighted by atomic mass is 16.5. The second kappa shape index (κ2) is 9.72. The normalized spacial score (nSPS) is 29.9. The molecule has 0 spiro atoms. The van der Waals surface area contributed by atoms with E-state index in [0.717, 1.165) is 0 Å². The zero-order valence-electron chi connectivity index (χ0n) is 22.3. The zero-order valence-corrected chi connectivity index (χ0v) is 22.3. The molecule has 4 rings (SSSR count). The molecule has 2 fully saturated rings. The van der Waals surface area contributed by atoms with Crippen molar-refractivity contribution in [2.24, 2.45) is 29.4 Å². The molecule has 13 nitrogen and oxygen atoms in total. The first-order valence-corrected chi connectivity index (χ1v) is 12.5. The summed E-state index contributed by atoms with van der Waals surface area (Å²) >= 11 is 0. The lowest BCUT2D eigenvalue weighted by atomic mass is 9.52. The van der Waals surface area contributed by atoms with Crippen LogP contribution in [0.2, 0.25) is 0 Å². The monoisotopic (exact) mass is 544 g/mol. The Morgan fingerprint density at radius 3 is 2.33 bits per heavy atom. The first-order chi connectivity index (χ1) is 18.2. The van der Waals surface area contributed by atoms with Gasteiger partial charge in [0.05, 0.1) is 29.8 Å². The third-order valence-electron chi connectivity index (χ3n) is 8.03. The molecule has 0 radical (unpaired) electrons. The van der Waals surface area contributed by atoms with E-state index in [2.05, 4.69) is 5.32 Å². The fourth-order valence-electron chi connectivity index (χ4n) is 6.42. The minimum absolute atomic E-state index is 0.0552. The highest BCUT2D eigenvalue weighted by Gasteiger charge is 2.69. The summed E-state index contributed by atoms with van der Waals surface area (Å²) in [5, 5.41) is 25.1. The SMILES string of the molecule is CCOC(=O)Nc1cc(N(C)C)c2c(c1O)C(=O)C1C(=O)[C@@]3(O)C(=O)C(C(N)=O)C(=O)[C@H](N(C)C)[C@H]3C[C@H]1C2. The molecule has 0 heterocycles. The second-order valence-electron chi connectivity index (χ2n) is 10.7. The van der Waals surface area contributed by atoms with Gasteiger partial charge in [0.1, 0.15) is 5.75 Å². The number of hydrogen-bond donors (Lipinski definition) is 4. The number of phenols is 1. The lowest BCUT2D eigenvalue weighted by Crippen LogP contribution is -2.74. The van der Waals surface area contributed by atoms with E-state index in [1.54, 1.807) is 25.9 Å². The van der Waals surface area contributed by atoms with Crippen LogP contribution in [0.25, 0.3) is 0 Å². The highest BCUT2D eigenvalue weighted by molar-refractivity contribution is 6.32. The fraction of sp³-hybridized carbons (Fsp3) is 0.538. The average Bonchev–Trinajstić information content (AvgIpc) is 2.82. The number of fused-ring (bicyclic) bond motifs is 3. The molecule has 1 aromatic rings. The van der Waals surface area contributed by atoms with Crippen molar-refractivity contribution in [3.63, 3.8) is 0 Å². The molecule has 13 heteroatoms. The molecule has 2 amide bonds. The van der Waals surface area contributed by atoms with Gasteiger partial charge in [0.2, 0.25) is 5.91 Å². The van der Waals surface area contributed by atoms with E-state index in [4.69, 9.17) is 10.5 Å². The van der Waals surface area contributed by atoms with Gasteiger partial charge in [-0.1, -0.05) is 0 Å². The smallest absolute Gasteiger partial charge is 0.411 e. The molecule has 39 heavy (non-hydrogen) atoms. The summed E-state index contributed by atoms with van der Waals surface area (Å²) in [6.07, 6.45) is -0.818. The van der Waals surface area contributed by atoms with Crippen LogP contribution < -0.4 is 16.0 Å². The van der Waals surface area contributed by atoms with Crippen LogP contribution >= 0.6 is 0 Å². The summed E-state index contributed by atoms with van der Waals surface area (Å²) in [6.45, 7) is 1.66. The van der Waals surface area contributed by atoms with Gasteiger partial charge in [0.15, 0.2) is 34.7 Å². The number of anilines is 2.